The number of rotatable bonds is 7. The summed E-state index contributed by atoms with van der Waals surface area (Å²) < 4.78 is 11.0. The van der Waals surface area contributed by atoms with Gasteiger partial charge in [-0.05, 0) is 44.2 Å². The van der Waals surface area contributed by atoms with Crippen LogP contribution in [0.4, 0.5) is 23.1 Å². The van der Waals surface area contributed by atoms with Gasteiger partial charge in [0.1, 0.15) is 11.5 Å². The molecule has 0 aliphatic rings. The first-order chi connectivity index (χ1) is 13.0. The van der Waals surface area contributed by atoms with E-state index < -0.39 is 0 Å². The Morgan fingerprint density at radius 2 is 1.85 bits per heavy atom. The Morgan fingerprint density at radius 3 is 2.59 bits per heavy atom. The summed E-state index contributed by atoms with van der Waals surface area (Å²) in [7, 11) is 1.57. The predicted molar refractivity (Wildman–Crippen MR) is 107 cm³/mol. The molecule has 0 saturated carbocycles. The van der Waals surface area contributed by atoms with Crippen molar-refractivity contribution in [2.24, 2.45) is 0 Å². The number of aromatic nitrogens is 3. The third-order valence-corrected chi connectivity index (χ3v) is 3.77. The van der Waals surface area contributed by atoms with E-state index in [1.54, 1.807) is 25.4 Å². The molecule has 3 aromatic rings. The molecule has 0 atom stereocenters. The van der Waals surface area contributed by atoms with E-state index in [2.05, 4.69) is 25.8 Å². The lowest BCUT2D eigenvalue weighted by molar-refractivity contribution is 0.244. The first-order valence-electron chi connectivity index (χ1n) is 8.38. The molecule has 1 aromatic heterocycles. The number of anilines is 4. The zero-order valence-corrected chi connectivity index (χ0v) is 16.0. The summed E-state index contributed by atoms with van der Waals surface area (Å²) in [5.41, 5.74) is 1.52. The summed E-state index contributed by atoms with van der Waals surface area (Å²) in [6.45, 7) is 3.95. The van der Waals surface area contributed by atoms with Gasteiger partial charge in [0.2, 0.25) is 5.95 Å². The summed E-state index contributed by atoms with van der Waals surface area (Å²) in [4.78, 5) is 4.43. The minimum Gasteiger partial charge on any atom is -0.495 e. The van der Waals surface area contributed by atoms with Crippen LogP contribution in [0, 0.1) is 0 Å². The molecule has 1 heterocycles. The van der Waals surface area contributed by atoms with Gasteiger partial charge in [0, 0.05) is 5.69 Å². The van der Waals surface area contributed by atoms with Crippen LogP contribution in [0.5, 0.6) is 11.5 Å². The third-order valence-electron chi connectivity index (χ3n) is 3.48. The number of hydrogen-bond donors (Lipinski definition) is 2. The Kier molecular flexibility index (Phi) is 5.93. The highest BCUT2D eigenvalue weighted by Gasteiger charge is 2.08. The number of ether oxygens (including phenoxy) is 2. The van der Waals surface area contributed by atoms with Crippen molar-refractivity contribution >= 4 is 34.7 Å². The molecule has 0 amide bonds. The topological polar surface area (TPSA) is 81.2 Å². The average Bonchev–Trinajstić information content (AvgIpc) is 2.63. The van der Waals surface area contributed by atoms with Crippen molar-refractivity contribution in [1.82, 2.24) is 15.2 Å². The largest absolute Gasteiger partial charge is 0.495 e. The number of nitrogens with zero attached hydrogens (tertiary/aromatic N) is 3. The summed E-state index contributed by atoms with van der Waals surface area (Å²) >= 11 is 6.15. The average molecular weight is 386 g/mol. The van der Waals surface area contributed by atoms with E-state index in [0.29, 0.717) is 22.5 Å². The van der Waals surface area contributed by atoms with Crippen molar-refractivity contribution < 1.29 is 9.47 Å². The van der Waals surface area contributed by atoms with E-state index in [-0.39, 0.29) is 6.10 Å². The van der Waals surface area contributed by atoms with Crippen molar-refractivity contribution in [3.8, 4) is 11.5 Å². The van der Waals surface area contributed by atoms with Gasteiger partial charge in [-0.25, -0.2) is 0 Å². The van der Waals surface area contributed by atoms with E-state index in [9.17, 15) is 0 Å². The maximum absolute atomic E-state index is 6.15. The van der Waals surface area contributed by atoms with Crippen molar-refractivity contribution in [2.75, 3.05) is 17.7 Å². The normalized spacial score (nSPS) is 10.6. The molecule has 27 heavy (non-hydrogen) atoms. The lowest BCUT2D eigenvalue weighted by atomic mass is 10.3. The molecule has 2 N–H and O–H groups in total. The maximum Gasteiger partial charge on any atom is 0.249 e. The van der Waals surface area contributed by atoms with Crippen LogP contribution < -0.4 is 20.1 Å². The van der Waals surface area contributed by atoms with Crippen LogP contribution in [-0.2, 0) is 0 Å². The van der Waals surface area contributed by atoms with Crippen LogP contribution in [0.3, 0.4) is 0 Å². The minimum atomic E-state index is 0.0634. The lowest BCUT2D eigenvalue weighted by Crippen LogP contribution is -2.08. The Balaban J connectivity index is 1.77. The first kappa shape index (κ1) is 18.7. The fourth-order valence-corrected chi connectivity index (χ4v) is 2.61. The molecule has 0 radical (unpaired) electrons. The zero-order valence-electron chi connectivity index (χ0n) is 15.2. The van der Waals surface area contributed by atoms with Crippen molar-refractivity contribution in [3.63, 3.8) is 0 Å². The van der Waals surface area contributed by atoms with Gasteiger partial charge in [-0.2, -0.15) is 10.1 Å². The fourth-order valence-electron chi connectivity index (χ4n) is 2.35. The van der Waals surface area contributed by atoms with Crippen molar-refractivity contribution in [2.45, 2.75) is 20.0 Å². The summed E-state index contributed by atoms with van der Waals surface area (Å²) in [5, 5.41) is 14.8. The smallest absolute Gasteiger partial charge is 0.249 e. The Labute approximate surface area is 162 Å². The third kappa shape index (κ3) is 4.98. The van der Waals surface area contributed by atoms with Gasteiger partial charge in [0.25, 0.3) is 0 Å². The molecule has 0 aliphatic carbocycles. The number of halogens is 1. The molecule has 140 valence electrons. The number of para-hydroxylation sites is 2. The number of hydrogen-bond acceptors (Lipinski definition) is 7. The van der Waals surface area contributed by atoms with Crippen LogP contribution in [0.2, 0.25) is 5.02 Å². The summed E-state index contributed by atoms with van der Waals surface area (Å²) in [6, 6.07) is 13.0. The second-order valence-corrected chi connectivity index (χ2v) is 6.33. The Hall–Kier alpha value is -3.06. The van der Waals surface area contributed by atoms with Crippen LogP contribution in [-0.4, -0.2) is 28.4 Å². The molecule has 0 spiro atoms. The standard InChI is InChI=1S/C19H20ClN5O2/c1-12(2)27-17-7-5-4-6-15(17)23-18-11-21-25-19(24-18)22-13-8-9-16(26-3)14(20)10-13/h4-12H,1-3H3,(H2,22,23,24,25). The quantitative estimate of drug-likeness (QED) is 0.604. The lowest BCUT2D eigenvalue weighted by Gasteiger charge is -2.15. The van der Waals surface area contributed by atoms with Crippen LogP contribution in [0.15, 0.2) is 48.7 Å². The number of nitrogens with one attached hydrogen (secondary N) is 2. The van der Waals surface area contributed by atoms with E-state index in [1.807, 2.05) is 44.2 Å². The van der Waals surface area contributed by atoms with Crippen molar-refractivity contribution in [3.05, 3.63) is 53.7 Å². The van der Waals surface area contributed by atoms with Gasteiger partial charge in [-0.15, -0.1) is 5.10 Å². The Bertz CT molecular complexity index is 920. The van der Waals surface area contributed by atoms with Gasteiger partial charge < -0.3 is 20.1 Å². The molecule has 0 bridgehead atoms. The second kappa shape index (κ2) is 8.55. The van der Waals surface area contributed by atoms with E-state index in [0.717, 1.165) is 17.1 Å². The molecular formula is C19H20ClN5O2. The molecule has 7 nitrogen and oxygen atoms in total. The molecule has 8 heteroatoms. The SMILES string of the molecule is COc1ccc(Nc2nncc(Nc3ccccc3OC(C)C)n2)cc1Cl. The maximum atomic E-state index is 6.15. The van der Waals surface area contributed by atoms with Crippen molar-refractivity contribution in [1.29, 1.82) is 0 Å². The number of methoxy groups -OCH3 is 1. The molecule has 3 rings (SSSR count). The molecule has 0 unspecified atom stereocenters. The highest BCUT2D eigenvalue weighted by atomic mass is 35.5. The molecule has 0 saturated heterocycles. The Morgan fingerprint density at radius 1 is 1.04 bits per heavy atom. The zero-order chi connectivity index (χ0) is 19.2. The van der Waals surface area contributed by atoms with Crippen LogP contribution in [0.1, 0.15) is 13.8 Å². The van der Waals surface area contributed by atoms with Gasteiger partial charge >= 0.3 is 0 Å². The van der Waals surface area contributed by atoms with E-state index in [4.69, 9.17) is 21.1 Å². The van der Waals surface area contributed by atoms with Gasteiger partial charge in [0.05, 0.1) is 30.1 Å². The second-order valence-electron chi connectivity index (χ2n) is 5.93. The highest BCUT2D eigenvalue weighted by Crippen LogP contribution is 2.29. The fraction of sp³-hybridized carbons (Fsp3) is 0.211. The van der Waals surface area contributed by atoms with E-state index >= 15 is 0 Å². The van der Waals surface area contributed by atoms with Gasteiger partial charge in [-0.1, -0.05) is 23.7 Å². The van der Waals surface area contributed by atoms with Crippen LogP contribution >= 0.6 is 11.6 Å². The monoisotopic (exact) mass is 385 g/mol. The van der Waals surface area contributed by atoms with E-state index in [1.165, 1.54) is 0 Å². The van der Waals surface area contributed by atoms with Crippen LogP contribution in [0.25, 0.3) is 0 Å². The van der Waals surface area contributed by atoms with Gasteiger partial charge in [0.15, 0.2) is 5.82 Å². The number of benzene rings is 2. The van der Waals surface area contributed by atoms with Gasteiger partial charge in [-0.3, -0.25) is 0 Å². The predicted octanol–water partition coefficient (Wildman–Crippen LogP) is 4.81. The molecule has 0 fully saturated rings. The minimum absolute atomic E-state index is 0.0634. The highest BCUT2D eigenvalue weighted by molar-refractivity contribution is 6.32. The first-order valence-corrected chi connectivity index (χ1v) is 8.76. The molecular weight excluding hydrogens is 366 g/mol. The summed E-state index contributed by atoms with van der Waals surface area (Å²) in [5.74, 6) is 2.21. The molecule has 2 aromatic carbocycles. The summed E-state index contributed by atoms with van der Waals surface area (Å²) in [6.07, 6.45) is 1.60. The molecule has 0 aliphatic heterocycles.